The maximum atomic E-state index is 11.5. The number of carbonyl (C=O) groups excluding carboxylic acids is 1. The minimum atomic E-state index is -0.793. The average Bonchev–Trinajstić information content (AvgIpc) is 2.28. The van der Waals surface area contributed by atoms with Crippen molar-refractivity contribution < 1.29 is 14.7 Å². The van der Waals surface area contributed by atoms with Gasteiger partial charge in [0.1, 0.15) is 0 Å². The largest absolute Gasteiger partial charge is 0.388 e. The molecular formula is C11H14INO3. The summed E-state index contributed by atoms with van der Waals surface area (Å²) in [5, 5.41) is 11.0. The number of hydrogen-bond acceptors (Lipinski definition) is 3. The third-order valence-electron chi connectivity index (χ3n) is 2.26. The molecule has 0 saturated heterocycles. The Morgan fingerprint density at radius 1 is 1.56 bits per heavy atom. The fraction of sp³-hybridized carbons (Fsp3) is 0.364. The van der Waals surface area contributed by atoms with Crippen molar-refractivity contribution in [2.75, 3.05) is 14.2 Å². The second kappa shape index (κ2) is 6.17. The van der Waals surface area contributed by atoms with Crippen molar-refractivity contribution in [3.05, 3.63) is 33.4 Å². The normalized spacial score (nSPS) is 12.2. The van der Waals surface area contributed by atoms with Gasteiger partial charge in [0, 0.05) is 10.6 Å². The van der Waals surface area contributed by atoms with Crippen LogP contribution in [0.1, 0.15) is 18.1 Å². The van der Waals surface area contributed by atoms with E-state index in [-0.39, 0.29) is 12.3 Å². The van der Waals surface area contributed by atoms with E-state index < -0.39 is 6.10 Å². The molecule has 0 aromatic heterocycles. The zero-order valence-electron chi connectivity index (χ0n) is 9.18. The van der Waals surface area contributed by atoms with E-state index in [0.29, 0.717) is 0 Å². The molecule has 0 spiro atoms. The van der Waals surface area contributed by atoms with Crippen LogP contribution < -0.4 is 0 Å². The summed E-state index contributed by atoms with van der Waals surface area (Å²) in [6.07, 6.45) is -0.775. The number of hydrogen-bond donors (Lipinski definition) is 1. The van der Waals surface area contributed by atoms with Gasteiger partial charge in [-0.2, -0.15) is 0 Å². The number of halogens is 1. The number of hydroxylamine groups is 2. The van der Waals surface area contributed by atoms with E-state index in [0.717, 1.165) is 14.2 Å². The predicted molar refractivity (Wildman–Crippen MR) is 68.5 cm³/mol. The van der Waals surface area contributed by atoms with Crippen molar-refractivity contribution in [1.29, 1.82) is 0 Å². The molecule has 0 radical (unpaired) electrons. The Hall–Kier alpha value is -0.660. The van der Waals surface area contributed by atoms with E-state index in [2.05, 4.69) is 22.6 Å². The highest BCUT2D eigenvalue weighted by Gasteiger charge is 2.17. The zero-order chi connectivity index (χ0) is 12.1. The Balaban J connectivity index is 2.69. The van der Waals surface area contributed by atoms with Gasteiger partial charge in [0.2, 0.25) is 5.91 Å². The van der Waals surface area contributed by atoms with Gasteiger partial charge >= 0.3 is 0 Å². The van der Waals surface area contributed by atoms with Gasteiger partial charge in [0.15, 0.2) is 0 Å². The Morgan fingerprint density at radius 3 is 2.75 bits per heavy atom. The van der Waals surface area contributed by atoms with Gasteiger partial charge in [-0.1, -0.05) is 18.2 Å². The van der Waals surface area contributed by atoms with Crippen LogP contribution >= 0.6 is 22.6 Å². The van der Waals surface area contributed by atoms with Gasteiger partial charge in [0.05, 0.1) is 19.6 Å². The van der Waals surface area contributed by atoms with E-state index in [1.54, 1.807) is 0 Å². The second-order valence-electron chi connectivity index (χ2n) is 3.32. The number of amides is 1. The zero-order valence-corrected chi connectivity index (χ0v) is 11.3. The number of carbonyl (C=O) groups is 1. The molecule has 0 unspecified atom stereocenters. The lowest BCUT2D eigenvalue weighted by atomic mass is 10.1. The summed E-state index contributed by atoms with van der Waals surface area (Å²) >= 11 is 2.13. The number of rotatable bonds is 4. The SMILES string of the molecule is CON(C)C(=O)C[C@@H](O)c1ccccc1I. The third kappa shape index (κ3) is 3.43. The first-order valence-corrected chi connectivity index (χ1v) is 5.87. The summed E-state index contributed by atoms with van der Waals surface area (Å²) in [5.74, 6) is -0.255. The molecule has 0 bridgehead atoms. The highest BCUT2D eigenvalue weighted by atomic mass is 127. The first kappa shape index (κ1) is 13.4. The van der Waals surface area contributed by atoms with Crippen LogP contribution in [0.3, 0.4) is 0 Å². The van der Waals surface area contributed by atoms with Gasteiger partial charge in [0.25, 0.3) is 0 Å². The molecule has 0 saturated carbocycles. The maximum Gasteiger partial charge on any atom is 0.248 e. The molecule has 1 N–H and O–H groups in total. The van der Waals surface area contributed by atoms with Crippen molar-refractivity contribution in [1.82, 2.24) is 5.06 Å². The topological polar surface area (TPSA) is 49.8 Å². The van der Waals surface area contributed by atoms with Gasteiger partial charge in [-0.3, -0.25) is 9.63 Å². The third-order valence-corrected chi connectivity index (χ3v) is 3.24. The van der Waals surface area contributed by atoms with Crippen LogP contribution in [0.15, 0.2) is 24.3 Å². The van der Waals surface area contributed by atoms with Gasteiger partial charge < -0.3 is 5.11 Å². The standard InChI is InChI=1S/C11H14INO3/c1-13(16-2)11(15)7-10(14)8-5-3-4-6-9(8)12/h3-6,10,14H,7H2,1-2H3/t10-/m1/s1. The Kier molecular flexibility index (Phi) is 5.17. The average molecular weight is 335 g/mol. The van der Waals surface area contributed by atoms with Crippen LogP contribution in [-0.4, -0.2) is 30.2 Å². The predicted octanol–water partition coefficient (Wildman–Crippen LogP) is 1.73. The van der Waals surface area contributed by atoms with Crippen molar-refractivity contribution in [2.45, 2.75) is 12.5 Å². The van der Waals surface area contributed by atoms with Crippen molar-refractivity contribution >= 4 is 28.5 Å². The van der Waals surface area contributed by atoms with Crippen LogP contribution in [0.4, 0.5) is 0 Å². The molecule has 0 fully saturated rings. The smallest absolute Gasteiger partial charge is 0.248 e. The summed E-state index contributed by atoms with van der Waals surface area (Å²) in [6, 6.07) is 7.43. The molecule has 1 rings (SSSR count). The second-order valence-corrected chi connectivity index (χ2v) is 4.48. The molecular weight excluding hydrogens is 321 g/mol. The molecule has 0 aliphatic carbocycles. The summed E-state index contributed by atoms with van der Waals surface area (Å²) in [4.78, 5) is 16.3. The number of nitrogens with zero attached hydrogens (tertiary/aromatic N) is 1. The molecule has 0 heterocycles. The van der Waals surface area contributed by atoms with Gasteiger partial charge in [-0.15, -0.1) is 0 Å². The van der Waals surface area contributed by atoms with E-state index in [4.69, 9.17) is 4.84 Å². The van der Waals surface area contributed by atoms with Crippen LogP contribution in [0.25, 0.3) is 0 Å². The highest BCUT2D eigenvalue weighted by molar-refractivity contribution is 14.1. The fourth-order valence-corrected chi connectivity index (χ4v) is 2.00. The Morgan fingerprint density at radius 2 is 2.19 bits per heavy atom. The molecule has 1 aromatic carbocycles. The minimum Gasteiger partial charge on any atom is -0.388 e. The van der Waals surface area contributed by atoms with Crippen LogP contribution in [0.2, 0.25) is 0 Å². The van der Waals surface area contributed by atoms with E-state index in [1.165, 1.54) is 14.2 Å². The fourth-order valence-electron chi connectivity index (χ4n) is 1.25. The lowest BCUT2D eigenvalue weighted by Crippen LogP contribution is -2.27. The van der Waals surface area contributed by atoms with E-state index in [9.17, 15) is 9.90 Å². The Bertz CT molecular complexity index is 370. The van der Waals surface area contributed by atoms with Gasteiger partial charge in [-0.25, -0.2) is 5.06 Å². The molecule has 0 aliphatic heterocycles. The molecule has 16 heavy (non-hydrogen) atoms. The molecule has 88 valence electrons. The summed E-state index contributed by atoms with van der Waals surface area (Å²) in [6.45, 7) is 0. The summed E-state index contributed by atoms with van der Waals surface area (Å²) in [7, 11) is 2.93. The maximum absolute atomic E-state index is 11.5. The lowest BCUT2D eigenvalue weighted by molar-refractivity contribution is -0.170. The molecule has 4 nitrogen and oxygen atoms in total. The first-order chi connectivity index (χ1) is 7.56. The van der Waals surface area contributed by atoms with Crippen molar-refractivity contribution in [2.24, 2.45) is 0 Å². The minimum absolute atomic E-state index is 0.0182. The quantitative estimate of drug-likeness (QED) is 0.674. The molecule has 1 atom stereocenters. The first-order valence-electron chi connectivity index (χ1n) is 4.79. The van der Waals surface area contributed by atoms with Crippen LogP contribution in [-0.2, 0) is 9.63 Å². The van der Waals surface area contributed by atoms with Gasteiger partial charge in [-0.05, 0) is 34.2 Å². The number of benzene rings is 1. The molecule has 1 amide bonds. The summed E-state index contributed by atoms with van der Waals surface area (Å²) < 4.78 is 0.945. The molecule has 1 aromatic rings. The van der Waals surface area contributed by atoms with E-state index >= 15 is 0 Å². The molecule has 5 heteroatoms. The lowest BCUT2D eigenvalue weighted by Gasteiger charge is -2.17. The van der Waals surface area contributed by atoms with Crippen LogP contribution in [0, 0.1) is 3.57 Å². The Labute approximate surface area is 108 Å². The van der Waals surface area contributed by atoms with E-state index in [1.807, 2.05) is 24.3 Å². The number of aliphatic hydroxyl groups is 1. The highest BCUT2D eigenvalue weighted by Crippen LogP contribution is 2.22. The van der Waals surface area contributed by atoms with Crippen LogP contribution in [0.5, 0.6) is 0 Å². The molecule has 0 aliphatic rings. The van der Waals surface area contributed by atoms with Crippen molar-refractivity contribution in [3.63, 3.8) is 0 Å². The number of aliphatic hydroxyl groups excluding tert-OH is 1. The summed E-state index contributed by atoms with van der Waals surface area (Å²) in [5.41, 5.74) is 0.765. The van der Waals surface area contributed by atoms with Crippen molar-refractivity contribution in [3.8, 4) is 0 Å². The monoisotopic (exact) mass is 335 g/mol.